The van der Waals surface area contributed by atoms with Crippen molar-refractivity contribution < 1.29 is 14.6 Å². The Balaban J connectivity index is 3.05. The number of amides is 1. The van der Waals surface area contributed by atoms with Crippen LogP contribution in [0.2, 0.25) is 5.02 Å². The van der Waals surface area contributed by atoms with Crippen molar-refractivity contribution in [2.75, 3.05) is 7.05 Å². The number of halogens is 1. The average molecular weight is 388 g/mol. The molecule has 0 aromatic carbocycles. The molecule has 0 saturated carbocycles. The van der Waals surface area contributed by atoms with E-state index in [1.807, 2.05) is 13.8 Å². The molecule has 0 unspecified atom stereocenters. The van der Waals surface area contributed by atoms with Gasteiger partial charge in [-0.25, -0.2) is 4.79 Å². The number of rotatable bonds is 3. The lowest BCUT2D eigenvalue weighted by molar-refractivity contribution is 0.0603. The van der Waals surface area contributed by atoms with Crippen LogP contribution in [-0.4, -0.2) is 29.8 Å². The summed E-state index contributed by atoms with van der Waals surface area (Å²) in [5.74, 6) is 0.436. The predicted molar refractivity (Wildman–Crippen MR) is 104 cm³/mol. The Hall–Kier alpha value is -1.73. The van der Waals surface area contributed by atoms with Crippen LogP contribution in [0.25, 0.3) is 5.76 Å². The number of guanidine groups is 1. The zero-order valence-corrected chi connectivity index (χ0v) is 17.2. The molecule has 1 amide bonds. The van der Waals surface area contributed by atoms with Crippen LogP contribution in [0.1, 0.15) is 51.3 Å². The molecule has 1 rings (SSSR count). The van der Waals surface area contributed by atoms with E-state index in [-0.39, 0.29) is 11.7 Å². The fraction of sp³-hybridized carbons (Fsp3) is 0.529. The third kappa shape index (κ3) is 6.25. The van der Waals surface area contributed by atoms with E-state index in [1.54, 1.807) is 46.9 Å². The number of carbonyl (C=O) groups is 1. The molecule has 0 radical (unpaired) electrons. The van der Waals surface area contributed by atoms with Gasteiger partial charge in [-0.3, -0.25) is 0 Å². The number of nitrogens with zero attached hydrogens (tertiary/aromatic N) is 1. The van der Waals surface area contributed by atoms with Gasteiger partial charge in [0.15, 0.2) is 0 Å². The van der Waals surface area contributed by atoms with Crippen molar-refractivity contribution in [2.45, 2.75) is 52.7 Å². The van der Waals surface area contributed by atoms with Crippen molar-refractivity contribution in [1.82, 2.24) is 10.6 Å². The van der Waals surface area contributed by atoms with E-state index in [0.29, 0.717) is 9.90 Å². The second-order valence-corrected chi connectivity index (χ2v) is 8.36. The van der Waals surface area contributed by atoms with E-state index in [4.69, 9.17) is 16.3 Å². The Kier molecular flexibility index (Phi) is 6.90. The second kappa shape index (κ2) is 8.10. The van der Waals surface area contributed by atoms with Gasteiger partial charge in [0, 0.05) is 11.9 Å². The molecule has 0 aliphatic carbocycles. The molecule has 0 spiro atoms. The lowest BCUT2D eigenvalue weighted by atomic mass is 10.0. The summed E-state index contributed by atoms with van der Waals surface area (Å²) in [6.45, 7) is 10.9. The summed E-state index contributed by atoms with van der Waals surface area (Å²) in [5, 5.41) is 16.4. The molecule has 0 bridgehead atoms. The molecule has 1 aromatic heterocycles. The number of allylic oxidation sites excluding steroid dienone is 1. The summed E-state index contributed by atoms with van der Waals surface area (Å²) < 4.78 is 5.19. The number of aliphatic hydroxyl groups excluding tert-OH is 1. The molecular weight excluding hydrogens is 362 g/mol. The first kappa shape index (κ1) is 21.3. The Labute approximate surface area is 157 Å². The van der Waals surface area contributed by atoms with Crippen molar-refractivity contribution in [1.29, 1.82) is 0 Å². The molecule has 0 fully saturated rings. The lowest BCUT2D eigenvalue weighted by Crippen LogP contribution is -2.46. The summed E-state index contributed by atoms with van der Waals surface area (Å²) in [5.41, 5.74) is -1.25. The number of hydrogen-bond acceptors (Lipinski definition) is 4. The van der Waals surface area contributed by atoms with Crippen LogP contribution in [0.15, 0.2) is 17.1 Å². The van der Waals surface area contributed by atoms with Crippen LogP contribution in [0.3, 0.4) is 0 Å². The third-order valence-electron chi connectivity index (χ3n) is 3.04. The molecular formula is C17H26ClN3O3S. The molecule has 0 saturated heterocycles. The van der Waals surface area contributed by atoms with Gasteiger partial charge in [-0.1, -0.05) is 11.6 Å². The topological polar surface area (TPSA) is 83.0 Å². The lowest BCUT2D eigenvalue weighted by Gasteiger charge is -2.27. The monoisotopic (exact) mass is 387 g/mol. The number of ether oxygens (including phenoxy) is 1. The van der Waals surface area contributed by atoms with E-state index >= 15 is 0 Å². The second-order valence-electron chi connectivity index (χ2n) is 6.90. The van der Waals surface area contributed by atoms with Crippen molar-refractivity contribution in [3.8, 4) is 0 Å². The summed E-state index contributed by atoms with van der Waals surface area (Å²) in [7, 11) is 1.65. The molecule has 25 heavy (non-hydrogen) atoms. The minimum absolute atomic E-state index is 0.171. The van der Waals surface area contributed by atoms with Crippen molar-refractivity contribution >= 4 is 40.7 Å². The fourth-order valence-corrected chi connectivity index (χ4v) is 3.55. The average Bonchev–Trinajstić information content (AvgIpc) is 2.86. The largest absolute Gasteiger partial charge is 0.507 e. The van der Waals surface area contributed by atoms with Gasteiger partial charge in [-0.15, -0.1) is 16.3 Å². The minimum atomic E-state index is -0.690. The van der Waals surface area contributed by atoms with E-state index in [2.05, 4.69) is 15.6 Å². The SMILES string of the molecule is CC=C(O)c1cc(Cl)c(C(C)(C)N/C(=N/C(=O)OC(C)(C)C)NC)s1. The number of hydrogen-bond donors (Lipinski definition) is 3. The Morgan fingerprint density at radius 1 is 1.36 bits per heavy atom. The van der Waals surface area contributed by atoms with Crippen molar-refractivity contribution in [3.63, 3.8) is 0 Å². The highest BCUT2D eigenvalue weighted by atomic mass is 35.5. The predicted octanol–water partition coefficient (Wildman–Crippen LogP) is 4.66. The van der Waals surface area contributed by atoms with E-state index < -0.39 is 17.2 Å². The molecule has 6 nitrogen and oxygen atoms in total. The maximum absolute atomic E-state index is 11.9. The smallest absolute Gasteiger partial charge is 0.437 e. The molecule has 3 N–H and O–H groups in total. The maximum atomic E-state index is 11.9. The summed E-state index contributed by atoms with van der Waals surface area (Å²) >= 11 is 7.70. The van der Waals surface area contributed by atoms with Gasteiger partial charge in [0.25, 0.3) is 0 Å². The zero-order chi connectivity index (χ0) is 19.4. The van der Waals surface area contributed by atoms with Gasteiger partial charge in [0.05, 0.1) is 15.4 Å². The van der Waals surface area contributed by atoms with E-state index in [0.717, 1.165) is 4.88 Å². The van der Waals surface area contributed by atoms with Crippen molar-refractivity contribution in [3.05, 3.63) is 26.9 Å². The van der Waals surface area contributed by atoms with Crippen LogP contribution >= 0.6 is 22.9 Å². The highest BCUT2D eigenvalue weighted by Gasteiger charge is 2.28. The van der Waals surface area contributed by atoms with Crippen LogP contribution < -0.4 is 10.6 Å². The fourth-order valence-electron chi connectivity index (χ4n) is 1.94. The number of aliphatic imine (C=N–C) groups is 1. The quantitative estimate of drug-likeness (QED) is 0.399. The Morgan fingerprint density at radius 3 is 2.44 bits per heavy atom. The van der Waals surface area contributed by atoms with Crippen LogP contribution in [0.5, 0.6) is 0 Å². The standard InChI is InChI=1S/C17H26ClN3O3S/c1-8-11(22)12-9-10(18)13(25-12)17(5,6)21-14(19-7)20-15(23)24-16(2,3)4/h8-9,22H,1-7H3,(H2,19,20,21,23). The molecule has 0 aliphatic heterocycles. The highest BCUT2D eigenvalue weighted by molar-refractivity contribution is 7.13. The van der Waals surface area contributed by atoms with Gasteiger partial charge < -0.3 is 20.5 Å². The van der Waals surface area contributed by atoms with Gasteiger partial charge in [-0.05, 0) is 53.7 Å². The van der Waals surface area contributed by atoms with Crippen molar-refractivity contribution in [2.24, 2.45) is 4.99 Å². The van der Waals surface area contributed by atoms with Crippen LogP contribution in [-0.2, 0) is 10.3 Å². The number of aliphatic hydroxyl groups is 1. The van der Waals surface area contributed by atoms with Gasteiger partial charge in [-0.2, -0.15) is 0 Å². The Morgan fingerprint density at radius 2 is 1.96 bits per heavy atom. The minimum Gasteiger partial charge on any atom is -0.507 e. The van der Waals surface area contributed by atoms with E-state index in [1.165, 1.54) is 11.3 Å². The summed E-state index contributed by atoms with van der Waals surface area (Å²) in [6.07, 6.45) is 0.916. The molecule has 0 aliphatic rings. The number of carbonyl (C=O) groups excluding carboxylic acids is 1. The van der Waals surface area contributed by atoms with Crippen LogP contribution in [0, 0.1) is 0 Å². The highest BCUT2D eigenvalue weighted by Crippen LogP contribution is 2.37. The summed E-state index contributed by atoms with van der Waals surface area (Å²) in [4.78, 5) is 17.3. The maximum Gasteiger partial charge on any atom is 0.437 e. The van der Waals surface area contributed by atoms with E-state index in [9.17, 15) is 9.90 Å². The molecule has 8 heteroatoms. The molecule has 1 heterocycles. The molecule has 0 atom stereocenters. The first-order chi connectivity index (χ1) is 11.4. The van der Waals surface area contributed by atoms with Gasteiger partial charge >= 0.3 is 6.09 Å². The molecule has 1 aromatic rings. The Bertz CT molecular complexity index is 688. The van der Waals surface area contributed by atoms with Crippen LogP contribution in [0.4, 0.5) is 4.79 Å². The van der Waals surface area contributed by atoms with Gasteiger partial charge in [0.1, 0.15) is 11.4 Å². The zero-order valence-electron chi connectivity index (χ0n) is 15.7. The first-order valence-electron chi connectivity index (χ1n) is 7.82. The summed E-state index contributed by atoms with van der Waals surface area (Å²) in [6, 6.07) is 1.71. The molecule has 140 valence electrons. The normalized spacial score (nSPS) is 13.6. The number of nitrogens with one attached hydrogen (secondary N) is 2. The number of thiophene rings is 1. The van der Waals surface area contributed by atoms with Gasteiger partial charge in [0.2, 0.25) is 5.96 Å². The third-order valence-corrected chi connectivity index (χ3v) is 4.94. The first-order valence-corrected chi connectivity index (χ1v) is 9.02.